The summed E-state index contributed by atoms with van der Waals surface area (Å²) in [6.45, 7) is 9.12. The van der Waals surface area contributed by atoms with Crippen molar-refractivity contribution in [2.45, 2.75) is 52.0 Å². The number of hydrogen-bond donors (Lipinski definition) is 1. The molecule has 1 aromatic heterocycles. The highest BCUT2D eigenvalue weighted by atomic mass is 19.4. The van der Waals surface area contributed by atoms with E-state index in [1.165, 1.54) is 6.07 Å². The van der Waals surface area contributed by atoms with Crippen LogP contribution in [0.15, 0.2) is 18.2 Å². The van der Waals surface area contributed by atoms with Gasteiger partial charge in [-0.1, -0.05) is 0 Å². The van der Waals surface area contributed by atoms with Crippen molar-refractivity contribution < 1.29 is 36.4 Å². The number of alkyl halides is 3. The number of hydrogen-bond acceptors (Lipinski definition) is 5. The standard InChI is InChI=1S/C20H24BF4N3O4/c1-7-30-13-9-11(17(29)26-15-10-14(20(23,24)25)28(6)27-15)8-12(22)16(13)21-31-18(2,3)19(4,5)32-21/h8-10H,7H2,1-6H3,(H,26,27,29). The number of nitrogens with one attached hydrogen (secondary N) is 1. The van der Waals surface area contributed by atoms with Gasteiger partial charge in [-0.25, -0.2) is 4.39 Å². The van der Waals surface area contributed by atoms with Crippen LogP contribution in [0.2, 0.25) is 0 Å². The number of benzene rings is 1. The molecule has 1 amide bonds. The van der Waals surface area contributed by atoms with Crippen LogP contribution < -0.4 is 15.5 Å². The Morgan fingerprint density at radius 2 is 1.78 bits per heavy atom. The molecule has 32 heavy (non-hydrogen) atoms. The maximum atomic E-state index is 15.1. The van der Waals surface area contributed by atoms with Gasteiger partial charge in [-0.3, -0.25) is 9.48 Å². The highest BCUT2D eigenvalue weighted by molar-refractivity contribution is 6.63. The minimum atomic E-state index is -4.64. The van der Waals surface area contributed by atoms with E-state index in [0.29, 0.717) is 10.7 Å². The SMILES string of the molecule is CCOc1cc(C(=O)Nc2cc(C(F)(F)F)n(C)n2)cc(F)c1B1OC(C)(C)C(C)(C)O1. The number of aromatic nitrogens is 2. The Kier molecular flexibility index (Phi) is 6.07. The molecule has 1 fully saturated rings. The molecule has 12 heteroatoms. The van der Waals surface area contributed by atoms with Gasteiger partial charge in [-0.15, -0.1) is 0 Å². The highest BCUT2D eigenvalue weighted by Crippen LogP contribution is 2.37. The van der Waals surface area contributed by atoms with Crippen LogP contribution >= 0.6 is 0 Å². The van der Waals surface area contributed by atoms with Crippen molar-refractivity contribution in [1.29, 1.82) is 0 Å². The minimum Gasteiger partial charge on any atom is -0.494 e. The van der Waals surface area contributed by atoms with Gasteiger partial charge in [0, 0.05) is 18.7 Å². The number of halogens is 4. The van der Waals surface area contributed by atoms with Crippen molar-refractivity contribution in [3.8, 4) is 5.75 Å². The number of carbonyl (C=O) groups is 1. The second-order valence-electron chi connectivity index (χ2n) is 8.38. The van der Waals surface area contributed by atoms with E-state index in [2.05, 4.69) is 10.4 Å². The molecule has 0 saturated carbocycles. The second kappa shape index (κ2) is 8.07. The van der Waals surface area contributed by atoms with Crippen LogP contribution in [0, 0.1) is 5.82 Å². The van der Waals surface area contributed by atoms with Gasteiger partial charge in [0.25, 0.3) is 5.91 Å². The van der Waals surface area contributed by atoms with Crippen molar-refractivity contribution in [2.75, 3.05) is 11.9 Å². The summed E-state index contributed by atoms with van der Waals surface area (Å²) in [5, 5.41) is 5.88. The first-order valence-corrected chi connectivity index (χ1v) is 9.90. The van der Waals surface area contributed by atoms with Gasteiger partial charge in [0.15, 0.2) is 5.82 Å². The summed E-state index contributed by atoms with van der Waals surface area (Å²) in [4.78, 5) is 12.6. The zero-order chi connectivity index (χ0) is 24.1. The second-order valence-corrected chi connectivity index (χ2v) is 8.38. The van der Waals surface area contributed by atoms with E-state index in [1.54, 1.807) is 6.92 Å². The molecular weight excluding hydrogens is 433 g/mol. The number of aryl methyl sites for hydroxylation is 1. The summed E-state index contributed by atoms with van der Waals surface area (Å²) in [6, 6.07) is 2.93. The van der Waals surface area contributed by atoms with Crippen molar-refractivity contribution in [3.05, 3.63) is 35.3 Å². The van der Waals surface area contributed by atoms with E-state index < -0.39 is 41.9 Å². The van der Waals surface area contributed by atoms with Gasteiger partial charge < -0.3 is 19.4 Å². The molecule has 1 aliphatic heterocycles. The molecule has 1 aliphatic rings. The Labute approximate surface area is 183 Å². The Bertz CT molecular complexity index is 1020. The van der Waals surface area contributed by atoms with Gasteiger partial charge in [0.1, 0.15) is 17.3 Å². The molecule has 7 nitrogen and oxygen atoms in total. The number of rotatable bonds is 5. The highest BCUT2D eigenvalue weighted by Gasteiger charge is 2.53. The predicted molar refractivity (Wildman–Crippen MR) is 109 cm³/mol. The molecule has 2 aromatic rings. The molecule has 0 aliphatic carbocycles. The summed E-state index contributed by atoms with van der Waals surface area (Å²) in [5.41, 5.74) is -2.65. The van der Waals surface area contributed by atoms with Crippen LogP contribution in [0.5, 0.6) is 5.75 Å². The lowest BCUT2D eigenvalue weighted by molar-refractivity contribution is -0.143. The summed E-state index contributed by atoms with van der Waals surface area (Å²) >= 11 is 0. The number of ether oxygens (including phenoxy) is 1. The smallest absolute Gasteiger partial charge is 0.494 e. The van der Waals surface area contributed by atoms with Crippen LogP contribution in [0.4, 0.5) is 23.4 Å². The monoisotopic (exact) mass is 457 g/mol. The molecule has 3 rings (SSSR count). The zero-order valence-corrected chi connectivity index (χ0v) is 18.6. The van der Waals surface area contributed by atoms with Crippen LogP contribution in [0.1, 0.15) is 50.7 Å². The van der Waals surface area contributed by atoms with Gasteiger partial charge >= 0.3 is 13.3 Å². The molecule has 0 bridgehead atoms. The lowest BCUT2D eigenvalue weighted by atomic mass is 9.77. The van der Waals surface area contributed by atoms with Gasteiger partial charge in [-0.2, -0.15) is 18.3 Å². The van der Waals surface area contributed by atoms with Crippen molar-refractivity contribution in [3.63, 3.8) is 0 Å². The summed E-state index contributed by atoms with van der Waals surface area (Å²) in [7, 11) is 0.0360. The third-order valence-corrected chi connectivity index (χ3v) is 5.55. The quantitative estimate of drug-likeness (QED) is 0.550. The number of anilines is 1. The number of carbonyl (C=O) groups excluding carboxylic acids is 1. The minimum absolute atomic E-state index is 0.000700. The fourth-order valence-corrected chi connectivity index (χ4v) is 3.17. The average Bonchev–Trinajstić information content (AvgIpc) is 3.10. The lowest BCUT2D eigenvalue weighted by Gasteiger charge is -2.32. The van der Waals surface area contributed by atoms with Crippen molar-refractivity contribution in [1.82, 2.24) is 9.78 Å². The molecule has 0 radical (unpaired) electrons. The fraction of sp³-hybridized carbons (Fsp3) is 0.500. The first-order chi connectivity index (χ1) is 14.7. The van der Waals surface area contributed by atoms with Crippen LogP contribution in [-0.4, -0.2) is 40.6 Å². The molecule has 1 aromatic carbocycles. The van der Waals surface area contributed by atoms with Gasteiger partial charge in [0.2, 0.25) is 0 Å². The van der Waals surface area contributed by atoms with E-state index in [-0.39, 0.29) is 29.2 Å². The third kappa shape index (κ3) is 4.47. The Balaban J connectivity index is 1.92. The first kappa shape index (κ1) is 24.1. The molecular formula is C20H24BF4N3O4. The molecule has 1 saturated heterocycles. The largest absolute Gasteiger partial charge is 0.501 e. The molecule has 2 heterocycles. The first-order valence-electron chi connectivity index (χ1n) is 9.90. The van der Waals surface area contributed by atoms with Crippen LogP contribution in [0.25, 0.3) is 0 Å². The van der Waals surface area contributed by atoms with Gasteiger partial charge in [0.05, 0.1) is 23.3 Å². The molecule has 1 N–H and O–H groups in total. The summed E-state index contributed by atoms with van der Waals surface area (Å²) in [5.74, 6) is -1.94. The topological polar surface area (TPSA) is 74.6 Å². The Hall–Kier alpha value is -2.60. The Morgan fingerprint density at radius 1 is 1.19 bits per heavy atom. The van der Waals surface area contributed by atoms with Crippen LogP contribution in [-0.2, 0) is 22.5 Å². The van der Waals surface area contributed by atoms with E-state index in [9.17, 15) is 18.0 Å². The normalized spacial score (nSPS) is 17.5. The average molecular weight is 457 g/mol. The fourth-order valence-electron chi connectivity index (χ4n) is 3.17. The molecule has 0 atom stereocenters. The molecule has 0 spiro atoms. The van der Waals surface area contributed by atoms with E-state index in [1.807, 2.05) is 27.7 Å². The van der Waals surface area contributed by atoms with E-state index in [4.69, 9.17) is 14.0 Å². The van der Waals surface area contributed by atoms with Gasteiger partial charge in [-0.05, 0) is 46.8 Å². The van der Waals surface area contributed by atoms with Crippen molar-refractivity contribution in [2.24, 2.45) is 7.05 Å². The predicted octanol–water partition coefficient (Wildman–Crippen LogP) is 3.53. The summed E-state index contributed by atoms with van der Waals surface area (Å²) in [6.07, 6.45) is -4.64. The lowest BCUT2D eigenvalue weighted by Crippen LogP contribution is -2.41. The maximum absolute atomic E-state index is 15.1. The molecule has 174 valence electrons. The molecule has 0 unspecified atom stereocenters. The number of amides is 1. The van der Waals surface area contributed by atoms with E-state index >= 15 is 4.39 Å². The Morgan fingerprint density at radius 3 is 2.28 bits per heavy atom. The third-order valence-electron chi connectivity index (χ3n) is 5.55. The van der Waals surface area contributed by atoms with Crippen LogP contribution in [0.3, 0.4) is 0 Å². The maximum Gasteiger partial charge on any atom is 0.501 e. The summed E-state index contributed by atoms with van der Waals surface area (Å²) < 4.78 is 71.9. The van der Waals surface area contributed by atoms with E-state index in [0.717, 1.165) is 13.1 Å². The zero-order valence-electron chi connectivity index (χ0n) is 18.6. The van der Waals surface area contributed by atoms with Crippen molar-refractivity contribution >= 4 is 24.3 Å². The number of nitrogens with zero attached hydrogens (tertiary/aromatic N) is 2.